The summed E-state index contributed by atoms with van der Waals surface area (Å²) in [5, 5.41) is 0. The Morgan fingerprint density at radius 2 is 1.95 bits per heavy atom. The Morgan fingerprint density at radius 3 is 2.81 bits per heavy atom. The highest BCUT2D eigenvalue weighted by Gasteiger charge is 2.36. The van der Waals surface area contributed by atoms with Crippen LogP contribution in [-0.4, -0.2) is 12.1 Å². The predicted octanol–water partition coefficient (Wildman–Crippen LogP) is 4.63. The zero-order valence-electron chi connectivity index (χ0n) is 13.5. The molecule has 2 aliphatic rings. The summed E-state index contributed by atoms with van der Waals surface area (Å²) in [7, 11) is 0. The van der Waals surface area contributed by atoms with E-state index in [9.17, 15) is 0 Å². The fourth-order valence-electron chi connectivity index (χ4n) is 4.08. The molecule has 0 amide bonds. The van der Waals surface area contributed by atoms with E-state index in [-0.39, 0.29) is 5.54 Å². The Balaban J connectivity index is 1.74. The lowest BCUT2D eigenvalue weighted by Crippen LogP contribution is -2.41. The van der Waals surface area contributed by atoms with Crippen molar-refractivity contribution in [2.24, 2.45) is 11.1 Å². The molecule has 1 aliphatic carbocycles. The molecule has 0 bridgehead atoms. The molecule has 0 radical (unpaired) electrons. The molecule has 2 atom stereocenters. The molecular weight excluding hydrogens is 258 g/mol. The van der Waals surface area contributed by atoms with E-state index in [0.717, 1.165) is 25.2 Å². The third kappa shape index (κ3) is 3.42. The van der Waals surface area contributed by atoms with E-state index in [0.29, 0.717) is 11.3 Å². The van der Waals surface area contributed by atoms with E-state index in [1.54, 1.807) is 0 Å². The number of ether oxygens (including phenoxy) is 1. The molecule has 1 fully saturated rings. The SMILES string of the molecule is CC1(C)CCCC(N)(CC2CCOc3ccccc32)CC1. The van der Waals surface area contributed by atoms with Gasteiger partial charge in [0, 0.05) is 5.54 Å². The minimum absolute atomic E-state index is 0.0168. The van der Waals surface area contributed by atoms with Crippen molar-refractivity contribution in [3.05, 3.63) is 29.8 Å². The zero-order chi connectivity index (χ0) is 14.9. The van der Waals surface area contributed by atoms with Gasteiger partial charge >= 0.3 is 0 Å². The fraction of sp³-hybridized carbons (Fsp3) is 0.684. The number of hydrogen-bond acceptors (Lipinski definition) is 2. The average molecular weight is 287 g/mol. The van der Waals surface area contributed by atoms with Crippen LogP contribution in [0.5, 0.6) is 5.75 Å². The van der Waals surface area contributed by atoms with Gasteiger partial charge in [-0.3, -0.25) is 0 Å². The first-order valence-electron chi connectivity index (χ1n) is 8.48. The van der Waals surface area contributed by atoms with Crippen LogP contribution in [0.1, 0.15) is 70.3 Å². The number of hydrogen-bond donors (Lipinski definition) is 1. The van der Waals surface area contributed by atoms with Crippen molar-refractivity contribution in [1.82, 2.24) is 0 Å². The van der Waals surface area contributed by atoms with Crippen molar-refractivity contribution < 1.29 is 4.74 Å². The molecule has 0 saturated heterocycles. The molecule has 1 saturated carbocycles. The van der Waals surface area contributed by atoms with Gasteiger partial charge in [0.2, 0.25) is 0 Å². The van der Waals surface area contributed by atoms with Crippen LogP contribution in [0.25, 0.3) is 0 Å². The van der Waals surface area contributed by atoms with Crippen LogP contribution in [0.2, 0.25) is 0 Å². The smallest absolute Gasteiger partial charge is 0.122 e. The predicted molar refractivity (Wildman–Crippen MR) is 87.7 cm³/mol. The van der Waals surface area contributed by atoms with Crippen LogP contribution in [0.4, 0.5) is 0 Å². The van der Waals surface area contributed by atoms with Gasteiger partial charge < -0.3 is 10.5 Å². The topological polar surface area (TPSA) is 35.2 Å². The van der Waals surface area contributed by atoms with Gasteiger partial charge in [0.05, 0.1) is 6.61 Å². The number of fused-ring (bicyclic) bond motifs is 1. The van der Waals surface area contributed by atoms with Gasteiger partial charge in [-0.25, -0.2) is 0 Å². The van der Waals surface area contributed by atoms with E-state index in [2.05, 4.69) is 38.1 Å². The first-order chi connectivity index (χ1) is 9.98. The highest BCUT2D eigenvalue weighted by molar-refractivity contribution is 5.38. The molecule has 1 aromatic rings. The van der Waals surface area contributed by atoms with Crippen LogP contribution in [0, 0.1) is 5.41 Å². The molecule has 21 heavy (non-hydrogen) atoms. The van der Waals surface area contributed by atoms with E-state index in [4.69, 9.17) is 10.5 Å². The normalized spacial score (nSPS) is 31.9. The molecule has 1 aliphatic heterocycles. The molecule has 1 aromatic carbocycles. The van der Waals surface area contributed by atoms with Gasteiger partial charge in [-0.1, -0.05) is 38.5 Å². The van der Waals surface area contributed by atoms with Crippen molar-refractivity contribution in [3.8, 4) is 5.75 Å². The maximum absolute atomic E-state index is 6.83. The van der Waals surface area contributed by atoms with Crippen LogP contribution in [0.15, 0.2) is 24.3 Å². The highest BCUT2D eigenvalue weighted by Crippen LogP contribution is 2.43. The Morgan fingerprint density at radius 1 is 1.14 bits per heavy atom. The van der Waals surface area contributed by atoms with E-state index < -0.39 is 0 Å². The number of rotatable bonds is 2. The van der Waals surface area contributed by atoms with Gasteiger partial charge in [0.25, 0.3) is 0 Å². The van der Waals surface area contributed by atoms with Crippen LogP contribution >= 0.6 is 0 Å². The average Bonchev–Trinajstić information content (AvgIpc) is 2.58. The second kappa shape index (κ2) is 5.64. The monoisotopic (exact) mass is 287 g/mol. The van der Waals surface area contributed by atoms with Crippen molar-refractivity contribution in [1.29, 1.82) is 0 Å². The van der Waals surface area contributed by atoms with Gasteiger partial charge in [-0.05, 0) is 61.5 Å². The zero-order valence-corrected chi connectivity index (χ0v) is 13.5. The third-order valence-electron chi connectivity index (χ3n) is 5.56. The molecule has 0 spiro atoms. The Kier molecular flexibility index (Phi) is 4.00. The summed E-state index contributed by atoms with van der Waals surface area (Å²) in [6, 6.07) is 8.51. The van der Waals surface area contributed by atoms with Gasteiger partial charge in [-0.15, -0.1) is 0 Å². The van der Waals surface area contributed by atoms with Crippen molar-refractivity contribution in [3.63, 3.8) is 0 Å². The van der Waals surface area contributed by atoms with E-state index in [1.165, 1.54) is 37.7 Å². The summed E-state index contributed by atoms with van der Waals surface area (Å²) < 4.78 is 5.79. The lowest BCUT2D eigenvalue weighted by atomic mass is 9.77. The maximum atomic E-state index is 6.83. The summed E-state index contributed by atoms with van der Waals surface area (Å²) in [6.45, 7) is 5.62. The second-order valence-corrected chi connectivity index (χ2v) is 7.96. The van der Waals surface area contributed by atoms with Crippen LogP contribution in [0.3, 0.4) is 0 Å². The molecule has 116 valence electrons. The molecule has 2 N–H and O–H groups in total. The van der Waals surface area contributed by atoms with Gasteiger partial charge in [0.15, 0.2) is 0 Å². The minimum Gasteiger partial charge on any atom is -0.493 e. The molecule has 3 rings (SSSR count). The molecule has 0 aromatic heterocycles. The first-order valence-corrected chi connectivity index (χ1v) is 8.48. The van der Waals surface area contributed by atoms with Gasteiger partial charge in [-0.2, -0.15) is 0 Å². The highest BCUT2D eigenvalue weighted by atomic mass is 16.5. The Labute approximate surface area is 129 Å². The number of para-hydroxylation sites is 1. The van der Waals surface area contributed by atoms with Crippen molar-refractivity contribution in [2.75, 3.05) is 6.61 Å². The summed E-state index contributed by atoms with van der Waals surface area (Å²) in [4.78, 5) is 0. The molecule has 2 heteroatoms. The summed E-state index contributed by atoms with van der Waals surface area (Å²) in [6.07, 6.45) is 8.41. The number of nitrogens with two attached hydrogens (primary N) is 1. The van der Waals surface area contributed by atoms with E-state index >= 15 is 0 Å². The molecule has 1 heterocycles. The summed E-state index contributed by atoms with van der Waals surface area (Å²) in [5.74, 6) is 1.65. The van der Waals surface area contributed by atoms with Crippen LogP contribution in [-0.2, 0) is 0 Å². The Hall–Kier alpha value is -1.02. The molecule has 2 unspecified atom stereocenters. The number of benzene rings is 1. The standard InChI is InChI=1S/C19H29NO/c1-18(2)9-5-10-19(20,12-11-18)14-15-8-13-21-17-7-4-3-6-16(15)17/h3-4,6-7,15H,5,8-14,20H2,1-2H3. The van der Waals surface area contributed by atoms with Gasteiger partial charge in [0.1, 0.15) is 5.75 Å². The Bertz CT molecular complexity index is 496. The fourth-order valence-corrected chi connectivity index (χ4v) is 4.08. The first kappa shape index (κ1) is 14.9. The lowest BCUT2D eigenvalue weighted by Gasteiger charge is -2.35. The minimum atomic E-state index is 0.0168. The van der Waals surface area contributed by atoms with Crippen LogP contribution < -0.4 is 10.5 Å². The summed E-state index contributed by atoms with van der Waals surface area (Å²) in [5.41, 5.74) is 8.68. The maximum Gasteiger partial charge on any atom is 0.122 e. The van der Waals surface area contributed by atoms with Crippen molar-refractivity contribution in [2.45, 2.75) is 70.3 Å². The van der Waals surface area contributed by atoms with Crippen molar-refractivity contribution >= 4 is 0 Å². The quantitative estimate of drug-likeness (QED) is 0.805. The second-order valence-electron chi connectivity index (χ2n) is 7.96. The summed E-state index contributed by atoms with van der Waals surface area (Å²) >= 11 is 0. The van der Waals surface area contributed by atoms with E-state index in [1.807, 2.05) is 0 Å². The molecule has 2 nitrogen and oxygen atoms in total. The largest absolute Gasteiger partial charge is 0.493 e. The third-order valence-corrected chi connectivity index (χ3v) is 5.56. The molecular formula is C19H29NO. The lowest BCUT2D eigenvalue weighted by molar-refractivity contribution is 0.229.